The lowest BCUT2D eigenvalue weighted by Crippen LogP contribution is -2.27. The molecule has 7 nitrogen and oxygen atoms in total. The van der Waals surface area contributed by atoms with Gasteiger partial charge in [0.15, 0.2) is 6.10 Å². The molecule has 0 aliphatic heterocycles. The molecule has 1 rings (SSSR count). The van der Waals surface area contributed by atoms with Crippen LogP contribution in [0, 0.1) is 16.0 Å². The highest BCUT2D eigenvalue weighted by molar-refractivity contribution is 5.74. The first-order chi connectivity index (χ1) is 8.91. The van der Waals surface area contributed by atoms with Gasteiger partial charge in [0.1, 0.15) is 6.20 Å². The van der Waals surface area contributed by atoms with Crippen LogP contribution in [-0.4, -0.2) is 28.6 Å². The minimum absolute atomic E-state index is 0.0542. The summed E-state index contributed by atoms with van der Waals surface area (Å²) in [5, 5.41) is 10.7. The monoisotopic (exact) mass is 268 g/mol. The summed E-state index contributed by atoms with van der Waals surface area (Å²) >= 11 is 0. The fourth-order valence-corrected chi connectivity index (χ4v) is 1.22. The van der Waals surface area contributed by atoms with Crippen molar-refractivity contribution in [2.45, 2.75) is 26.9 Å². The highest BCUT2D eigenvalue weighted by Crippen LogP contribution is 2.24. The van der Waals surface area contributed by atoms with Crippen LogP contribution in [0.2, 0.25) is 0 Å². The largest absolute Gasteiger partial charge is 0.471 e. The molecule has 1 aromatic heterocycles. The molecular formula is C12H16N2O5. The number of esters is 1. The van der Waals surface area contributed by atoms with Crippen molar-refractivity contribution in [2.24, 2.45) is 5.92 Å². The van der Waals surface area contributed by atoms with Crippen LogP contribution < -0.4 is 4.74 Å². The third kappa shape index (κ3) is 4.53. The molecule has 104 valence electrons. The van der Waals surface area contributed by atoms with E-state index in [4.69, 9.17) is 9.47 Å². The smallest absolute Gasteiger partial charge is 0.406 e. The van der Waals surface area contributed by atoms with Crippen LogP contribution in [0.25, 0.3) is 0 Å². The minimum Gasteiger partial charge on any atom is -0.471 e. The van der Waals surface area contributed by atoms with Gasteiger partial charge in [-0.25, -0.2) is 4.79 Å². The first kappa shape index (κ1) is 14.9. The molecule has 0 saturated heterocycles. The second-order valence-corrected chi connectivity index (χ2v) is 4.37. The van der Waals surface area contributed by atoms with Crippen molar-refractivity contribution in [3.63, 3.8) is 0 Å². The van der Waals surface area contributed by atoms with E-state index in [1.165, 1.54) is 25.3 Å². The lowest BCUT2D eigenvalue weighted by molar-refractivity contribution is -0.390. The second kappa shape index (κ2) is 6.67. The lowest BCUT2D eigenvalue weighted by atomic mass is 10.2. The number of pyridine rings is 1. The van der Waals surface area contributed by atoms with E-state index in [1.807, 2.05) is 13.8 Å². The summed E-state index contributed by atoms with van der Waals surface area (Å²) in [7, 11) is 0. The Kier molecular flexibility index (Phi) is 5.23. The summed E-state index contributed by atoms with van der Waals surface area (Å²) in [6.07, 6.45) is 0.355. The molecule has 0 aliphatic rings. The van der Waals surface area contributed by atoms with E-state index in [0.29, 0.717) is 0 Å². The first-order valence-electron chi connectivity index (χ1n) is 5.84. The normalized spacial score (nSPS) is 12.0. The topological polar surface area (TPSA) is 91.6 Å². The van der Waals surface area contributed by atoms with Crippen molar-refractivity contribution in [1.82, 2.24) is 4.98 Å². The van der Waals surface area contributed by atoms with Crippen LogP contribution in [0.5, 0.6) is 5.75 Å². The van der Waals surface area contributed by atoms with E-state index < -0.39 is 22.8 Å². The van der Waals surface area contributed by atoms with Crippen LogP contribution in [-0.2, 0) is 9.53 Å². The molecule has 0 aromatic carbocycles. The van der Waals surface area contributed by atoms with Crippen LogP contribution in [0.4, 0.5) is 5.82 Å². The Bertz CT molecular complexity index is 461. The third-order valence-electron chi connectivity index (χ3n) is 2.12. The molecule has 1 aromatic rings. The molecule has 0 fully saturated rings. The molecule has 0 spiro atoms. The number of carbonyl (C=O) groups excluding carboxylic acids is 1. The summed E-state index contributed by atoms with van der Waals surface area (Å²) in [4.78, 5) is 25.3. The maximum atomic E-state index is 11.6. The Morgan fingerprint density at radius 3 is 2.74 bits per heavy atom. The fourth-order valence-electron chi connectivity index (χ4n) is 1.22. The molecular weight excluding hydrogens is 252 g/mol. The quantitative estimate of drug-likeness (QED) is 0.445. The van der Waals surface area contributed by atoms with Gasteiger partial charge >= 0.3 is 11.8 Å². The summed E-state index contributed by atoms with van der Waals surface area (Å²) in [6, 6.07) is 2.88. The molecule has 1 atom stereocenters. The van der Waals surface area contributed by atoms with Crippen molar-refractivity contribution in [3.8, 4) is 5.75 Å². The zero-order chi connectivity index (χ0) is 14.4. The number of nitrogens with zero attached hydrogens (tertiary/aromatic N) is 2. The summed E-state index contributed by atoms with van der Waals surface area (Å²) < 4.78 is 10.2. The minimum atomic E-state index is -0.929. The van der Waals surface area contributed by atoms with Gasteiger partial charge < -0.3 is 19.6 Å². The van der Waals surface area contributed by atoms with Gasteiger partial charge in [-0.3, -0.25) is 0 Å². The zero-order valence-electron chi connectivity index (χ0n) is 11.0. The number of hydrogen-bond donors (Lipinski definition) is 0. The predicted molar refractivity (Wildman–Crippen MR) is 66.8 cm³/mol. The van der Waals surface area contributed by atoms with Gasteiger partial charge in [-0.15, -0.1) is 0 Å². The van der Waals surface area contributed by atoms with Crippen molar-refractivity contribution >= 4 is 11.8 Å². The Balaban J connectivity index is 2.69. The van der Waals surface area contributed by atoms with Crippen molar-refractivity contribution in [2.75, 3.05) is 6.61 Å². The van der Waals surface area contributed by atoms with E-state index >= 15 is 0 Å². The standard InChI is InChI=1S/C12H16N2O5/c1-8(2)7-18-12(15)9(3)19-10-5-4-6-13-11(10)14(16)17/h4-6,8-9H,7H2,1-3H3. The van der Waals surface area contributed by atoms with Gasteiger partial charge in [0.2, 0.25) is 5.75 Å². The number of ether oxygens (including phenoxy) is 2. The van der Waals surface area contributed by atoms with Gasteiger partial charge in [0.25, 0.3) is 0 Å². The highest BCUT2D eigenvalue weighted by atomic mass is 16.6. The highest BCUT2D eigenvalue weighted by Gasteiger charge is 2.22. The van der Waals surface area contributed by atoms with Gasteiger partial charge in [0, 0.05) is 0 Å². The molecule has 7 heteroatoms. The zero-order valence-corrected chi connectivity index (χ0v) is 11.0. The average Bonchev–Trinajstić information content (AvgIpc) is 2.36. The SMILES string of the molecule is CC(C)COC(=O)C(C)Oc1cccnc1[N+](=O)[O-]. The van der Waals surface area contributed by atoms with Crippen LogP contribution in [0.3, 0.4) is 0 Å². The van der Waals surface area contributed by atoms with E-state index in [1.54, 1.807) is 0 Å². The van der Waals surface area contributed by atoms with Crippen LogP contribution in [0.15, 0.2) is 18.3 Å². The summed E-state index contributed by atoms with van der Waals surface area (Å²) in [5.74, 6) is -0.830. The maximum Gasteiger partial charge on any atom is 0.406 e. The Morgan fingerprint density at radius 2 is 2.16 bits per heavy atom. The molecule has 0 bridgehead atoms. The third-order valence-corrected chi connectivity index (χ3v) is 2.12. The summed E-state index contributed by atoms with van der Waals surface area (Å²) in [5.41, 5.74) is 0. The number of rotatable bonds is 6. The molecule has 0 N–H and O–H groups in total. The van der Waals surface area contributed by atoms with Gasteiger partial charge in [-0.2, -0.15) is 0 Å². The van der Waals surface area contributed by atoms with E-state index in [0.717, 1.165) is 0 Å². The van der Waals surface area contributed by atoms with Crippen LogP contribution >= 0.6 is 0 Å². The summed E-state index contributed by atoms with van der Waals surface area (Å²) in [6.45, 7) is 5.57. The van der Waals surface area contributed by atoms with E-state index in [-0.39, 0.29) is 18.3 Å². The number of nitro groups is 1. The van der Waals surface area contributed by atoms with Crippen LogP contribution in [0.1, 0.15) is 20.8 Å². The molecule has 0 aliphatic carbocycles. The van der Waals surface area contributed by atoms with Crippen molar-refractivity contribution in [1.29, 1.82) is 0 Å². The molecule has 1 unspecified atom stereocenters. The average molecular weight is 268 g/mol. The molecule has 0 amide bonds. The van der Waals surface area contributed by atoms with Gasteiger partial charge in [-0.05, 0) is 34.9 Å². The number of aromatic nitrogens is 1. The molecule has 1 heterocycles. The van der Waals surface area contributed by atoms with Crippen molar-refractivity contribution in [3.05, 3.63) is 28.4 Å². The van der Waals surface area contributed by atoms with Crippen molar-refractivity contribution < 1.29 is 19.2 Å². The lowest BCUT2D eigenvalue weighted by Gasteiger charge is -2.14. The number of carbonyl (C=O) groups is 1. The van der Waals surface area contributed by atoms with E-state index in [9.17, 15) is 14.9 Å². The Hall–Kier alpha value is -2.18. The number of hydrogen-bond acceptors (Lipinski definition) is 6. The molecule has 0 saturated carbocycles. The Labute approximate surface area is 110 Å². The first-order valence-corrected chi connectivity index (χ1v) is 5.84. The predicted octanol–water partition coefficient (Wildman–Crippen LogP) is 1.96. The fraction of sp³-hybridized carbons (Fsp3) is 0.500. The van der Waals surface area contributed by atoms with Gasteiger partial charge in [0.05, 0.1) is 6.61 Å². The van der Waals surface area contributed by atoms with Gasteiger partial charge in [-0.1, -0.05) is 13.8 Å². The Morgan fingerprint density at radius 1 is 1.47 bits per heavy atom. The molecule has 19 heavy (non-hydrogen) atoms. The second-order valence-electron chi connectivity index (χ2n) is 4.37. The molecule has 0 radical (unpaired) electrons. The van der Waals surface area contributed by atoms with E-state index in [2.05, 4.69) is 4.98 Å². The maximum absolute atomic E-state index is 11.6.